The molecule has 1 N–H and O–H groups in total. The van der Waals surface area contributed by atoms with Crippen LogP contribution in [0.5, 0.6) is 0 Å². The molecule has 1 saturated heterocycles. The molecule has 2 rings (SSSR count). The minimum absolute atomic E-state index is 0.731. The van der Waals surface area contributed by atoms with Crippen LogP contribution >= 0.6 is 0 Å². The van der Waals surface area contributed by atoms with Crippen molar-refractivity contribution < 1.29 is 0 Å². The number of nitrogens with zero attached hydrogens (tertiary/aromatic N) is 1. The molecule has 0 spiro atoms. The van der Waals surface area contributed by atoms with Gasteiger partial charge in [-0.15, -0.1) is 0 Å². The van der Waals surface area contributed by atoms with Crippen LogP contribution in [0.1, 0.15) is 52.4 Å². The van der Waals surface area contributed by atoms with E-state index >= 15 is 0 Å². The summed E-state index contributed by atoms with van der Waals surface area (Å²) in [6.45, 7) is 7.50. The first-order chi connectivity index (χ1) is 8.20. The molecule has 100 valence electrons. The summed E-state index contributed by atoms with van der Waals surface area (Å²) in [7, 11) is 2.15. The number of piperidine rings is 1. The summed E-state index contributed by atoms with van der Waals surface area (Å²) in [5, 5.41) is 3.58. The summed E-state index contributed by atoms with van der Waals surface area (Å²) in [5.74, 6) is 1.78. The third-order valence-corrected chi connectivity index (χ3v) is 4.72. The topological polar surface area (TPSA) is 15.3 Å². The monoisotopic (exact) mass is 238 g/mol. The maximum Gasteiger partial charge on any atom is 0.0249 e. The van der Waals surface area contributed by atoms with Gasteiger partial charge in [0.1, 0.15) is 0 Å². The number of likely N-dealkylation sites (tertiary alicyclic amines) is 1. The molecule has 0 aromatic carbocycles. The molecule has 2 heteroatoms. The summed E-state index contributed by atoms with van der Waals surface area (Å²) in [5.41, 5.74) is 0. The molecule has 1 heterocycles. The lowest BCUT2D eigenvalue weighted by atomic mass is 9.89. The SMILES string of the molecule is CNC1CCCCCC1N1CC(C)CC(C)C1. The van der Waals surface area contributed by atoms with Gasteiger partial charge in [0.05, 0.1) is 0 Å². The average molecular weight is 238 g/mol. The lowest BCUT2D eigenvalue weighted by Crippen LogP contribution is -2.53. The highest BCUT2D eigenvalue weighted by Crippen LogP contribution is 2.28. The van der Waals surface area contributed by atoms with Crippen LogP contribution in [0.25, 0.3) is 0 Å². The Morgan fingerprint density at radius 3 is 2.24 bits per heavy atom. The van der Waals surface area contributed by atoms with E-state index < -0.39 is 0 Å². The van der Waals surface area contributed by atoms with Crippen molar-refractivity contribution in [3.05, 3.63) is 0 Å². The predicted octanol–water partition coefficient (Wildman–Crippen LogP) is 2.89. The van der Waals surface area contributed by atoms with Gasteiger partial charge in [0.15, 0.2) is 0 Å². The van der Waals surface area contributed by atoms with Crippen LogP contribution < -0.4 is 5.32 Å². The largest absolute Gasteiger partial charge is 0.315 e. The van der Waals surface area contributed by atoms with Gasteiger partial charge in [-0.2, -0.15) is 0 Å². The highest BCUT2D eigenvalue weighted by molar-refractivity contribution is 4.89. The smallest absolute Gasteiger partial charge is 0.0249 e. The Morgan fingerprint density at radius 1 is 0.941 bits per heavy atom. The number of hydrogen-bond donors (Lipinski definition) is 1. The molecule has 0 radical (unpaired) electrons. The van der Waals surface area contributed by atoms with Crippen molar-refractivity contribution in [2.75, 3.05) is 20.1 Å². The van der Waals surface area contributed by atoms with E-state index in [9.17, 15) is 0 Å². The van der Waals surface area contributed by atoms with E-state index in [4.69, 9.17) is 0 Å². The zero-order valence-electron chi connectivity index (χ0n) is 11.9. The van der Waals surface area contributed by atoms with Gasteiger partial charge >= 0.3 is 0 Å². The average Bonchev–Trinajstić information content (AvgIpc) is 2.52. The van der Waals surface area contributed by atoms with Crippen LogP contribution in [0.15, 0.2) is 0 Å². The molecule has 2 fully saturated rings. The molecule has 0 aromatic heterocycles. The van der Waals surface area contributed by atoms with Gasteiger partial charge in [0.25, 0.3) is 0 Å². The number of hydrogen-bond acceptors (Lipinski definition) is 2. The lowest BCUT2D eigenvalue weighted by molar-refractivity contribution is 0.0727. The van der Waals surface area contributed by atoms with E-state index in [1.165, 1.54) is 51.6 Å². The first-order valence-electron chi connectivity index (χ1n) is 7.62. The van der Waals surface area contributed by atoms with E-state index in [2.05, 4.69) is 31.1 Å². The van der Waals surface area contributed by atoms with E-state index in [0.717, 1.165) is 23.9 Å². The number of rotatable bonds is 2. The second-order valence-electron chi connectivity index (χ2n) is 6.50. The van der Waals surface area contributed by atoms with Gasteiger partial charge < -0.3 is 5.32 Å². The summed E-state index contributed by atoms with van der Waals surface area (Å²) >= 11 is 0. The fraction of sp³-hybridized carbons (Fsp3) is 1.00. The van der Waals surface area contributed by atoms with Gasteiger partial charge in [-0.25, -0.2) is 0 Å². The first kappa shape index (κ1) is 13.4. The Balaban J connectivity index is 2.01. The Hall–Kier alpha value is -0.0800. The maximum atomic E-state index is 3.58. The Kier molecular flexibility index (Phi) is 4.87. The zero-order chi connectivity index (χ0) is 12.3. The van der Waals surface area contributed by atoms with Gasteiger partial charge in [-0.3, -0.25) is 4.90 Å². The molecule has 1 aliphatic carbocycles. The molecule has 2 aliphatic rings. The Bertz CT molecular complexity index is 219. The van der Waals surface area contributed by atoms with Crippen molar-refractivity contribution >= 4 is 0 Å². The van der Waals surface area contributed by atoms with Crippen molar-refractivity contribution in [1.82, 2.24) is 10.2 Å². The second-order valence-corrected chi connectivity index (χ2v) is 6.50. The van der Waals surface area contributed by atoms with Crippen LogP contribution in [0.4, 0.5) is 0 Å². The second kappa shape index (κ2) is 6.19. The Labute approximate surface area is 107 Å². The van der Waals surface area contributed by atoms with Gasteiger partial charge in [-0.1, -0.05) is 33.1 Å². The van der Waals surface area contributed by atoms with E-state index in [1.54, 1.807) is 0 Å². The quantitative estimate of drug-likeness (QED) is 0.744. The van der Waals surface area contributed by atoms with Crippen molar-refractivity contribution in [2.45, 2.75) is 64.5 Å². The molecule has 0 bridgehead atoms. The van der Waals surface area contributed by atoms with Crippen molar-refractivity contribution in [3.63, 3.8) is 0 Å². The summed E-state index contributed by atoms with van der Waals surface area (Å²) in [4.78, 5) is 2.80. The molecular weight excluding hydrogens is 208 g/mol. The summed E-state index contributed by atoms with van der Waals surface area (Å²) < 4.78 is 0. The standard InChI is InChI=1S/C15H30N2/c1-12-9-13(2)11-17(10-12)15-8-6-4-5-7-14(15)16-3/h12-16H,4-11H2,1-3H3. The molecule has 0 amide bonds. The third-order valence-electron chi connectivity index (χ3n) is 4.72. The van der Waals surface area contributed by atoms with Crippen molar-refractivity contribution in [2.24, 2.45) is 11.8 Å². The third kappa shape index (κ3) is 3.45. The van der Waals surface area contributed by atoms with Crippen molar-refractivity contribution in [1.29, 1.82) is 0 Å². The zero-order valence-corrected chi connectivity index (χ0v) is 11.9. The molecule has 0 aromatic rings. The van der Waals surface area contributed by atoms with E-state index in [-0.39, 0.29) is 0 Å². The highest BCUT2D eigenvalue weighted by Gasteiger charge is 2.32. The summed E-state index contributed by atoms with van der Waals surface area (Å²) in [6.07, 6.45) is 8.50. The first-order valence-corrected chi connectivity index (χ1v) is 7.62. The maximum absolute atomic E-state index is 3.58. The molecule has 1 saturated carbocycles. The van der Waals surface area contributed by atoms with Crippen LogP contribution in [0.3, 0.4) is 0 Å². The number of nitrogens with one attached hydrogen (secondary N) is 1. The molecule has 2 nitrogen and oxygen atoms in total. The van der Waals surface area contributed by atoms with Gasteiger partial charge in [0, 0.05) is 25.2 Å². The Morgan fingerprint density at radius 2 is 1.59 bits per heavy atom. The normalized spacial score (nSPS) is 41.1. The molecule has 4 unspecified atom stereocenters. The predicted molar refractivity (Wildman–Crippen MR) is 74.2 cm³/mol. The van der Waals surface area contributed by atoms with Crippen LogP contribution in [0.2, 0.25) is 0 Å². The summed E-state index contributed by atoms with van der Waals surface area (Å²) in [6, 6.07) is 1.53. The van der Waals surface area contributed by atoms with Gasteiger partial charge in [-0.05, 0) is 38.1 Å². The molecular formula is C15H30N2. The fourth-order valence-corrected chi connectivity index (χ4v) is 4.04. The van der Waals surface area contributed by atoms with Gasteiger partial charge in [0.2, 0.25) is 0 Å². The molecule has 17 heavy (non-hydrogen) atoms. The highest BCUT2D eigenvalue weighted by atomic mass is 15.2. The minimum Gasteiger partial charge on any atom is -0.315 e. The minimum atomic E-state index is 0.731. The number of likely N-dealkylation sites (N-methyl/N-ethyl adjacent to an activating group) is 1. The van der Waals surface area contributed by atoms with Crippen LogP contribution in [-0.4, -0.2) is 37.1 Å². The van der Waals surface area contributed by atoms with Crippen molar-refractivity contribution in [3.8, 4) is 0 Å². The van der Waals surface area contributed by atoms with E-state index in [0.29, 0.717) is 0 Å². The van der Waals surface area contributed by atoms with Crippen LogP contribution in [0, 0.1) is 11.8 Å². The molecule has 4 atom stereocenters. The fourth-order valence-electron chi connectivity index (χ4n) is 4.04. The van der Waals surface area contributed by atoms with E-state index in [1.807, 2.05) is 0 Å². The molecule has 1 aliphatic heterocycles. The van der Waals surface area contributed by atoms with Crippen LogP contribution in [-0.2, 0) is 0 Å². The lowest BCUT2D eigenvalue weighted by Gasteiger charge is -2.42.